The number of urea groups is 1. The molecule has 0 aliphatic carbocycles. The first-order valence-electron chi connectivity index (χ1n) is 6.62. The van der Waals surface area contributed by atoms with Crippen molar-refractivity contribution in [3.63, 3.8) is 0 Å². The van der Waals surface area contributed by atoms with Crippen molar-refractivity contribution < 1.29 is 24.6 Å². The van der Waals surface area contributed by atoms with E-state index in [1.807, 2.05) is 24.3 Å². The normalized spacial score (nSPS) is 11.5. The van der Waals surface area contributed by atoms with Crippen molar-refractivity contribution in [2.45, 2.75) is 25.3 Å². The first-order valence-corrected chi connectivity index (χ1v) is 7.69. The van der Waals surface area contributed by atoms with Crippen molar-refractivity contribution in [3.05, 3.63) is 33.4 Å². The summed E-state index contributed by atoms with van der Waals surface area (Å²) in [6.45, 7) is 0.359. The van der Waals surface area contributed by atoms with Crippen molar-refractivity contribution in [2.75, 3.05) is 6.54 Å². The Hall–Kier alpha value is -1.84. The third-order valence-corrected chi connectivity index (χ3v) is 3.58. The fourth-order valence-corrected chi connectivity index (χ4v) is 2.07. The Morgan fingerprint density at radius 2 is 1.77 bits per heavy atom. The van der Waals surface area contributed by atoms with Gasteiger partial charge in [0.1, 0.15) is 6.04 Å². The van der Waals surface area contributed by atoms with Gasteiger partial charge in [-0.3, -0.25) is 4.79 Å². The molecule has 0 saturated heterocycles. The molecule has 1 rings (SSSR count). The van der Waals surface area contributed by atoms with Crippen molar-refractivity contribution >= 4 is 40.6 Å². The zero-order valence-corrected chi connectivity index (χ0v) is 13.9. The summed E-state index contributed by atoms with van der Waals surface area (Å²) in [5.41, 5.74) is 1.06. The van der Waals surface area contributed by atoms with Crippen molar-refractivity contribution in [1.29, 1.82) is 0 Å². The highest BCUT2D eigenvalue weighted by Gasteiger charge is 2.20. The average molecular weight is 420 g/mol. The zero-order chi connectivity index (χ0) is 16.5. The fourth-order valence-electron chi connectivity index (χ4n) is 1.71. The molecule has 7 nitrogen and oxygen atoms in total. The van der Waals surface area contributed by atoms with Crippen LogP contribution >= 0.6 is 22.6 Å². The number of benzene rings is 1. The molecule has 0 heterocycles. The molecule has 8 heteroatoms. The number of nitrogens with one attached hydrogen (secondary N) is 2. The number of carboxylic acids is 2. The summed E-state index contributed by atoms with van der Waals surface area (Å²) >= 11 is 2.20. The maximum absolute atomic E-state index is 11.6. The number of hydrogen-bond acceptors (Lipinski definition) is 3. The lowest BCUT2D eigenvalue weighted by Crippen LogP contribution is -2.46. The van der Waals surface area contributed by atoms with Gasteiger partial charge < -0.3 is 20.8 Å². The minimum absolute atomic E-state index is 0.158. The molecule has 0 aliphatic rings. The quantitative estimate of drug-likeness (QED) is 0.476. The molecule has 0 aromatic heterocycles. The van der Waals surface area contributed by atoms with E-state index in [1.54, 1.807) is 0 Å². The van der Waals surface area contributed by atoms with Crippen LogP contribution in [-0.4, -0.2) is 40.8 Å². The van der Waals surface area contributed by atoms with Gasteiger partial charge in [-0.05, 0) is 53.1 Å². The van der Waals surface area contributed by atoms with Gasteiger partial charge in [0, 0.05) is 16.5 Å². The summed E-state index contributed by atoms with van der Waals surface area (Å²) in [7, 11) is 0. The number of rotatable bonds is 8. The van der Waals surface area contributed by atoms with E-state index in [4.69, 9.17) is 10.2 Å². The SMILES string of the molecule is O=C(O)CC[C@H](NC(=O)NCCc1ccc(I)cc1)C(=O)O. The number of carboxylic acid groups (broad SMARTS) is 2. The van der Waals surface area contributed by atoms with Crippen LogP contribution in [0.5, 0.6) is 0 Å². The average Bonchev–Trinajstić information content (AvgIpc) is 2.45. The molecular weight excluding hydrogens is 403 g/mol. The first-order chi connectivity index (χ1) is 10.4. The summed E-state index contributed by atoms with van der Waals surface area (Å²) in [6, 6.07) is 5.99. The Morgan fingerprint density at radius 3 is 2.32 bits per heavy atom. The van der Waals surface area contributed by atoms with E-state index in [9.17, 15) is 14.4 Å². The number of carbonyl (C=O) groups is 3. The van der Waals surface area contributed by atoms with Gasteiger partial charge in [-0.2, -0.15) is 0 Å². The van der Waals surface area contributed by atoms with Gasteiger partial charge in [0.05, 0.1) is 0 Å². The lowest BCUT2D eigenvalue weighted by atomic mass is 10.1. The first kappa shape index (κ1) is 18.2. The Labute approximate surface area is 141 Å². The summed E-state index contributed by atoms with van der Waals surface area (Å²) in [4.78, 5) is 33.0. The smallest absolute Gasteiger partial charge is 0.326 e. The molecule has 120 valence electrons. The van der Waals surface area contributed by atoms with Crippen molar-refractivity contribution in [2.24, 2.45) is 0 Å². The maximum Gasteiger partial charge on any atom is 0.326 e. The van der Waals surface area contributed by atoms with Gasteiger partial charge in [0.25, 0.3) is 0 Å². The topological polar surface area (TPSA) is 116 Å². The van der Waals surface area contributed by atoms with Gasteiger partial charge >= 0.3 is 18.0 Å². The Kier molecular flexibility index (Phi) is 7.64. The Morgan fingerprint density at radius 1 is 1.14 bits per heavy atom. The molecule has 0 bridgehead atoms. The lowest BCUT2D eigenvalue weighted by Gasteiger charge is -2.14. The summed E-state index contributed by atoms with van der Waals surface area (Å²) in [5.74, 6) is -2.36. The highest BCUT2D eigenvalue weighted by atomic mass is 127. The van der Waals surface area contributed by atoms with Crippen LogP contribution in [0.25, 0.3) is 0 Å². The van der Waals surface area contributed by atoms with Gasteiger partial charge in [-0.25, -0.2) is 9.59 Å². The minimum Gasteiger partial charge on any atom is -0.481 e. The van der Waals surface area contributed by atoms with Crippen molar-refractivity contribution in [1.82, 2.24) is 10.6 Å². The van der Waals surface area contributed by atoms with Crippen LogP contribution in [0.1, 0.15) is 18.4 Å². The van der Waals surface area contributed by atoms with Gasteiger partial charge in [-0.1, -0.05) is 12.1 Å². The zero-order valence-electron chi connectivity index (χ0n) is 11.7. The Bertz CT molecular complexity index is 533. The molecule has 0 saturated carbocycles. The molecule has 1 atom stereocenters. The molecular formula is C14H17IN2O5. The summed E-state index contributed by atoms with van der Waals surface area (Å²) < 4.78 is 1.12. The molecule has 0 unspecified atom stereocenters. The van der Waals surface area contributed by atoms with Gasteiger partial charge in [0.15, 0.2) is 0 Å². The molecule has 4 N–H and O–H groups in total. The van der Waals surface area contributed by atoms with E-state index in [1.165, 1.54) is 0 Å². The van der Waals surface area contributed by atoms with E-state index in [-0.39, 0.29) is 12.8 Å². The van der Waals surface area contributed by atoms with E-state index < -0.39 is 24.0 Å². The van der Waals surface area contributed by atoms with Crippen molar-refractivity contribution in [3.8, 4) is 0 Å². The second-order valence-corrected chi connectivity index (χ2v) is 5.85. The minimum atomic E-state index is -1.26. The second-order valence-electron chi connectivity index (χ2n) is 4.60. The maximum atomic E-state index is 11.6. The van der Waals surface area contributed by atoms with Crippen LogP contribution in [0.3, 0.4) is 0 Å². The van der Waals surface area contributed by atoms with Crippen LogP contribution < -0.4 is 10.6 Å². The fraction of sp³-hybridized carbons (Fsp3) is 0.357. The largest absolute Gasteiger partial charge is 0.481 e. The van der Waals surface area contributed by atoms with E-state index in [0.717, 1.165) is 9.13 Å². The van der Waals surface area contributed by atoms with Crippen LogP contribution in [0, 0.1) is 3.57 Å². The molecule has 1 aromatic rings. The van der Waals surface area contributed by atoms with Gasteiger partial charge in [-0.15, -0.1) is 0 Å². The lowest BCUT2D eigenvalue weighted by molar-refractivity contribution is -0.140. The molecule has 0 radical (unpaired) electrons. The second kappa shape index (κ2) is 9.23. The number of amides is 2. The van der Waals surface area contributed by atoms with Gasteiger partial charge in [0.2, 0.25) is 0 Å². The monoisotopic (exact) mass is 420 g/mol. The Balaban J connectivity index is 2.35. The molecule has 0 fully saturated rings. The number of halogens is 1. The molecule has 0 aliphatic heterocycles. The predicted molar refractivity (Wildman–Crippen MR) is 87.7 cm³/mol. The van der Waals surface area contributed by atoms with Crippen LogP contribution in [0.2, 0.25) is 0 Å². The van der Waals surface area contributed by atoms with E-state index >= 15 is 0 Å². The summed E-state index contributed by atoms with van der Waals surface area (Å²) in [5, 5.41) is 22.3. The molecule has 22 heavy (non-hydrogen) atoms. The molecule has 2 amide bonds. The number of aliphatic carboxylic acids is 2. The van der Waals surface area contributed by atoms with Crippen LogP contribution in [-0.2, 0) is 16.0 Å². The molecule has 0 spiro atoms. The third kappa shape index (κ3) is 7.25. The van der Waals surface area contributed by atoms with Crippen LogP contribution in [0.15, 0.2) is 24.3 Å². The van der Waals surface area contributed by atoms with E-state index in [2.05, 4.69) is 33.2 Å². The highest BCUT2D eigenvalue weighted by Crippen LogP contribution is 2.06. The number of hydrogen-bond donors (Lipinski definition) is 4. The highest BCUT2D eigenvalue weighted by molar-refractivity contribution is 14.1. The van der Waals surface area contributed by atoms with E-state index in [0.29, 0.717) is 13.0 Å². The van der Waals surface area contributed by atoms with Crippen LogP contribution in [0.4, 0.5) is 4.79 Å². The third-order valence-electron chi connectivity index (χ3n) is 2.86. The predicted octanol–water partition coefficient (Wildman–Crippen LogP) is 1.45. The molecule has 1 aromatic carbocycles. The standard InChI is InChI=1S/C14H17IN2O5/c15-10-3-1-9(2-4-10)7-8-16-14(22)17-11(13(20)21)5-6-12(18)19/h1-4,11H,5-8H2,(H,18,19)(H,20,21)(H2,16,17,22)/t11-/m0/s1. The number of carbonyl (C=O) groups excluding carboxylic acids is 1. The summed E-state index contributed by atoms with van der Waals surface area (Å²) in [6.07, 6.45) is 0.145.